The maximum absolute atomic E-state index is 13.3. The SMILES string of the molecule is Cc1ccccc1S(=O)(=O)NC(=O)NC1(c2nccn2-c2ccc(OCc3ccccc3)cc2)CC1c1ccccc1. The lowest BCUT2D eigenvalue weighted by atomic mass is 10.1. The van der Waals surface area contributed by atoms with Crippen LogP contribution in [0.5, 0.6) is 5.75 Å². The van der Waals surface area contributed by atoms with Crippen LogP contribution in [0.3, 0.4) is 0 Å². The van der Waals surface area contributed by atoms with Crippen LogP contribution in [0.4, 0.5) is 4.79 Å². The highest BCUT2D eigenvalue weighted by Crippen LogP contribution is 2.58. The third kappa shape index (κ3) is 5.51. The molecular weight excluding hydrogens is 548 g/mol. The summed E-state index contributed by atoms with van der Waals surface area (Å²) in [5.41, 5.74) is 2.57. The van der Waals surface area contributed by atoms with E-state index in [9.17, 15) is 13.2 Å². The second kappa shape index (κ2) is 11.2. The average molecular weight is 579 g/mol. The van der Waals surface area contributed by atoms with Gasteiger partial charge >= 0.3 is 6.03 Å². The Balaban J connectivity index is 1.27. The molecule has 1 aliphatic carbocycles. The van der Waals surface area contributed by atoms with Gasteiger partial charge in [0.05, 0.1) is 4.90 Å². The van der Waals surface area contributed by atoms with Gasteiger partial charge in [0.25, 0.3) is 10.0 Å². The number of urea groups is 1. The van der Waals surface area contributed by atoms with Gasteiger partial charge in [-0.05, 0) is 60.4 Å². The molecule has 2 amide bonds. The van der Waals surface area contributed by atoms with Crippen LogP contribution in [0.25, 0.3) is 5.69 Å². The van der Waals surface area contributed by atoms with Crippen molar-refractivity contribution in [2.75, 3.05) is 0 Å². The number of aryl methyl sites for hydroxylation is 1. The fraction of sp³-hybridized carbons (Fsp3) is 0.152. The van der Waals surface area contributed by atoms with Crippen molar-refractivity contribution in [3.8, 4) is 11.4 Å². The van der Waals surface area contributed by atoms with Crippen LogP contribution in [0.1, 0.15) is 34.9 Å². The topological polar surface area (TPSA) is 102 Å². The number of carbonyl (C=O) groups excluding carboxylic acids is 1. The number of carbonyl (C=O) groups is 1. The first-order valence-electron chi connectivity index (χ1n) is 13.6. The molecule has 1 saturated carbocycles. The van der Waals surface area contributed by atoms with Gasteiger partial charge in [-0.2, -0.15) is 0 Å². The molecule has 0 spiro atoms. The number of ether oxygens (including phenoxy) is 1. The molecule has 8 nitrogen and oxygen atoms in total. The molecule has 5 aromatic rings. The lowest BCUT2D eigenvalue weighted by Gasteiger charge is -2.22. The number of amides is 2. The van der Waals surface area contributed by atoms with E-state index in [-0.39, 0.29) is 10.8 Å². The molecule has 2 atom stereocenters. The van der Waals surface area contributed by atoms with Crippen molar-refractivity contribution in [1.29, 1.82) is 0 Å². The van der Waals surface area contributed by atoms with Crippen molar-refractivity contribution in [2.24, 2.45) is 0 Å². The Labute approximate surface area is 245 Å². The summed E-state index contributed by atoms with van der Waals surface area (Å²) in [6.45, 7) is 2.15. The molecule has 9 heteroatoms. The molecule has 42 heavy (non-hydrogen) atoms. The molecular formula is C33H30N4O4S. The average Bonchev–Trinajstić information content (AvgIpc) is 3.49. The van der Waals surface area contributed by atoms with Crippen LogP contribution in [0.15, 0.2) is 126 Å². The summed E-state index contributed by atoms with van der Waals surface area (Å²) in [6.07, 6.45) is 4.08. The fourth-order valence-electron chi connectivity index (χ4n) is 5.34. The first-order valence-corrected chi connectivity index (χ1v) is 15.1. The van der Waals surface area contributed by atoms with Gasteiger partial charge in [0.1, 0.15) is 23.7 Å². The van der Waals surface area contributed by atoms with Crippen LogP contribution in [0, 0.1) is 6.92 Å². The van der Waals surface area contributed by atoms with Crippen molar-refractivity contribution in [3.05, 3.63) is 144 Å². The van der Waals surface area contributed by atoms with E-state index in [2.05, 4.69) is 15.0 Å². The maximum Gasteiger partial charge on any atom is 0.329 e. The second-order valence-electron chi connectivity index (χ2n) is 10.4. The zero-order chi connectivity index (χ0) is 29.2. The Morgan fingerprint density at radius 3 is 2.31 bits per heavy atom. The Morgan fingerprint density at radius 2 is 1.60 bits per heavy atom. The first-order chi connectivity index (χ1) is 20.4. The standard InChI is InChI=1S/C33H30N4O4S/c1-24-10-8-9-15-30(24)42(39,40)36-32(38)35-33(22-29(33)26-13-6-3-7-14-26)31-34-20-21-37(31)27-16-18-28(19-17-27)41-23-25-11-4-2-5-12-25/h2-21,29H,22-23H2,1H3,(H2,35,36,38). The number of sulfonamides is 1. The number of nitrogens with zero attached hydrogens (tertiary/aromatic N) is 2. The number of hydrogen-bond donors (Lipinski definition) is 2. The predicted octanol–water partition coefficient (Wildman–Crippen LogP) is 5.83. The largest absolute Gasteiger partial charge is 0.489 e. The normalized spacial score (nSPS) is 17.8. The molecule has 0 bridgehead atoms. The monoisotopic (exact) mass is 578 g/mol. The van der Waals surface area contributed by atoms with Gasteiger partial charge in [0.2, 0.25) is 0 Å². The van der Waals surface area contributed by atoms with Crippen LogP contribution in [-0.4, -0.2) is 24.0 Å². The van der Waals surface area contributed by atoms with Crippen LogP contribution >= 0.6 is 0 Å². The molecule has 212 valence electrons. The van der Waals surface area contributed by atoms with Crippen molar-refractivity contribution < 1.29 is 17.9 Å². The van der Waals surface area contributed by atoms with Gasteiger partial charge in [-0.1, -0.05) is 78.9 Å². The zero-order valence-corrected chi connectivity index (χ0v) is 23.8. The van der Waals surface area contributed by atoms with E-state index in [0.29, 0.717) is 24.4 Å². The molecule has 0 saturated heterocycles. The Bertz CT molecular complexity index is 1810. The minimum absolute atomic E-state index is 0.0562. The van der Waals surface area contributed by atoms with E-state index >= 15 is 0 Å². The van der Waals surface area contributed by atoms with Gasteiger partial charge in [-0.15, -0.1) is 0 Å². The van der Waals surface area contributed by atoms with Gasteiger partial charge < -0.3 is 14.6 Å². The number of rotatable bonds is 9. The highest BCUT2D eigenvalue weighted by atomic mass is 32.2. The molecule has 1 aliphatic rings. The number of imidazole rings is 1. The van der Waals surface area contributed by atoms with Crippen LogP contribution in [0.2, 0.25) is 0 Å². The first kappa shape index (κ1) is 27.3. The molecule has 1 aromatic heterocycles. The minimum atomic E-state index is -4.08. The second-order valence-corrected chi connectivity index (χ2v) is 12.0. The zero-order valence-electron chi connectivity index (χ0n) is 23.0. The van der Waals surface area contributed by atoms with Crippen molar-refractivity contribution >= 4 is 16.1 Å². The lowest BCUT2D eigenvalue weighted by molar-refractivity contribution is 0.239. The Morgan fingerprint density at radius 1 is 0.929 bits per heavy atom. The highest BCUT2D eigenvalue weighted by Gasteiger charge is 2.60. The smallest absolute Gasteiger partial charge is 0.329 e. The van der Waals surface area contributed by atoms with Crippen molar-refractivity contribution in [3.63, 3.8) is 0 Å². The Hall–Kier alpha value is -4.89. The summed E-state index contributed by atoms with van der Waals surface area (Å²) < 4.78 is 36.2. The van der Waals surface area contributed by atoms with Crippen molar-refractivity contribution in [2.45, 2.75) is 36.3 Å². The molecule has 0 aliphatic heterocycles. The summed E-state index contributed by atoms with van der Waals surface area (Å²) in [6, 6.07) is 33.2. The van der Waals surface area contributed by atoms with Gasteiger partial charge in [-0.25, -0.2) is 22.9 Å². The van der Waals surface area contributed by atoms with E-state index in [1.165, 1.54) is 6.07 Å². The summed E-state index contributed by atoms with van der Waals surface area (Å²) in [7, 11) is -4.08. The number of benzene rings is 4. The lowest BCUT2D eigenvalue weighted by Crippen LogP contribution is -2.46. The number of aromatic nitrogens is 2. The van der Waals surface area contributed by atoms with Crippen molar-refractivity contribution in [1.82, 2.24) is 19.6 Å². The van der Waals surface area contributed by atoms with Gasteiger partial charge in [0.15, 0.2) is 0 Å². The Kier molecular flexibility index (Phi) is 7.26. The number of hydrogen-bond acceptors (Lipinski definition) is 5. The van der Waals surface area contributed by atoms with Gasteiger partial charge in [0, 0.05) is 24.0 Å². The molecule has 1 fully saturated rings. The highest BCUT2D eigenvalue weighted by molar-refractivity contribution is 7.90. The quantitative estimate of drug-likeness (QED) is 0.229. The summed E-state index contributed by atoms with van der Waals surface area (Å²) in [5.74, 6) is 1.24. The van der Waals surface area contributed by atoms with E-state index < -0.39 is 21.6 Å². The van der Waals surface area contributed by atoms with E-state index in [4.69, 9.17) is 4.74 Å². The third-order valence-electron chi connectivity index (χ3n) is 7.51. The van der Waals surface area contributed by atoms with Crippen LogP contribution in [-0.2, 0) is 22.2 Å². The molecule has 1 heterocycles. The predicted molar refractivity (Wildman–Crippen MR) is 160 cm³/mol. The summed E-state index contributed by atoms with van der Waals surface area (Å²) >= 11 is 0. The maximum atomic E-state index is 13.3. The van der Waals surface area contributed by atoms with E-state index in [0.717, 1.165) is 22.6 Å². The third-order valence-corrected chi connectivity index (χ3v) is 9.00. The molecule has 2 unspecified atom stereocenters. The fourth-order valence-corrected chi connectivity index (χ4v) is 6.50. The molecule has 4 aromatic carbocycles. The minimum Gasteiger partial charge on any atom is -0.489 e. The molecule has 2 N–H and O–H groups in total. The number of nitrogens with one attached hydrogen (secondary N) is 2. The van der Waals surface area contributed by atoms with E-state index in [1.807, 2.05) is 95.7 Å². The summed E-state index contributed by atoms with van der Waals surface area (Å²) in [5, 5.41) is 2.99. The van der Waals surface area contributed by atoms with Gasteiger partial charge in [-0.3, -0.25) is 0 Å². The summed E-state index contributed by atoms with van der Waals surface area (Å²) in [4.78, 5) is 18.0. The molecule has 6 rings (SSSR count). The van der Waals surface area contributed by atoms with Crippen LogP contribution < -0.4 is 14.8 Å². The molecule has 0 radical (unpaired) electrons. The van der Waals surface area contributed by atoms with E-state index in [1.54, 1.807) is 31.3 Å².